The summed E-state index contributed by atoms with van der Waals surface area (Å²) in [7, 11) is 0. The quantitative estimate of drug-likeness (QED) is 0.842. The maximum atomic E-state index is 3.77. The Hall–Kier alpha value is -0.840. The summed E-state index contributed by atoms with van der Waals surface area (Å²) in [6.45, 7) is 7.48. The highest BCUT2D eigenvalue weighted by Crippen LogP contribution is 2.39. The fourth-order valence-corrected chi connectivity index (χ4v) is 4.62. The second-order valence-electron chi connectivity index (χ2n) is 5.48. The minimum absolute atomic E-state index is 0.455. The topological polar surface area (TPSA) is 15.3 Å². The lowest BCUT2D eigenvalue weighted by atomic mass is 10.0. The molecule has 0 fully saturated rings. The lowest BCUT2D eigenvalue weighted by Crippen LogP contribution is -2.33. The lowest BCUT2D eigenvalue weighted by molar-refractivity contribution is 0.631. The van der Waals surface area contributed by atoms with Crippen LogP contribution in [0.5, 0.6) is 0 Å². The fourth-order valence-electron chi connectivity index (χ4n) is 3.00. The molecule has 1 unspecified atom stereocenters. The van der Waals surface area contributed by atoms with E-state index in [4.69, 9.17) is 0 Å². The number of nitrogens with one attached hydrogen (secondary N) is 1. The van der Waals surface area contributed by atoms with Crippen molar-refractivity contribution >= 4 is 33.0 Å². The molecule has 0 radical (unpaired) electrons. The van der Waals surface area contributed by atoms with Gasteiger partial charge in [0.25, 0.3) is 0 Å². The van der Waals surface area contributed by atoms with Crippen LogP contribution in [0.4, 0.5) is 5.69 Å². The third-order valence-electron chi connectivity index (χ3n) is 4.18. The van der Waals surface area contributed by atoms with Gasteiger partial charge in [0.2, 0.25) is 0 Å². The van der Waals surface area contributed by atoms with Gasteiger partial charge in [-0.2, -0.15) is 0 Å². The van der Waals surface area contributed by atoms with E-state index in [1.165, 1.54) is 21.3 Å². The fraction of sp³-hybridized carbons (Fsp3) is 0.412. The van der Waals surface area contributed by atoms with Crippen molar-refractivity contribution < 1.29 is 0 Å². The zero-order valence-corrected chi connectivity index (χ0v) is 14.9. The second-order valence-corrected chi connectivity index (χ2v) is 7.34. The molecule has 0 spiro atoms. The molecule has 1 N–H and O–H groups in total. The van der Waals surface area contributed by atoms with Crippen molar-refractivity contribution in [1.29, 1.82) is 0 Å². The number of fused-ring (bicyclic) bond motifs is 1. The number of hydrogen-bond donors (Lipinski definition) is 1. The first-order valence-corrected chi connectivity index (χ1v) is 9.20. The number of anilines is 1. The minimum atomic E-state index is 0.455. The molecule has 2 nitrogen and oxygen atoms in total. The molecule has 2 heterocycles. The van der Waals surface area contributed by atoms with E-state index in [-0.39, 0.29) is 0 Å². The number of hydrogen-bond acceptors (Lipinski definition) is 3. The van der Waals surface area contributed by atoms with Crippen LogP contribution in [0.25, 0.3) is 0 Å². The maximum absolute atomic E-state index is 3.77. The van der Waals surface area contributed by atoms with Gasteiger partial charge in [0, 0.05) is 22.4 Å². The average Bonchev–Trinajstić information content (AvgIpc) is 2.96. The Kier molecular flexibility index (Phi) is 4.67. The van der Waals surface area contributed by atoms with E-state index >= 15 is 0 Å². The molecule has 4 heteroatoms. The minimum Gasteiger partial charge on any atom is -0.363 e. The highest BCUT2D eigenvalue weighted by molar-refractivity contribution is 9.10. The van der Waals surface area contributed by atoms with E-state index in [9.17, 15) is 0 Å². The Labute approximate surface area is 139 Å². The maximum Gasteiger partial charge on any atom is 0.0525 e. The van der Waals surface area contributed by atoms with Gasteiger partial charge in [-0.15, -0.1) is 11.3 Å². The van der Waals surface area contributed by atoms with Crippen LogP contribution in [-0.2, 0) is 13.0 Å². The molecule has 1 aromatic carbocycles. The van der Waals surface area contributed by atoms with Gasteiger partial charge in [0.1, 0.15) is 0 Å². The molecule has 1 aliphatic rings. The molecule has 1 aromatic heterocycles. The summed E-state index contributed by atoms with van der Waals surface area (Å²) in [6, 6.07) is 9.47. The van der Waals surface area contributed by atoms with E-state index in [1.54, 1.807) is 4.88 Å². The van der Waals surface area contributed by atoms with Crippen LogP contribution < -0.4 is 10.2 Å². The lowest BCUT2D eigenvalue weighted by Gasteiger charge is -2.36. The Morgan fingerprint density at radius 1 is 1.38 bits per heavy atom. The van der Waals surface area contributed by atoms with E-state index < -0.39 is 0 Å². The van der Waals surface area contributed by atoms with E-state index in [0.29, 0.717) is 6.04 Å². The third kappa shape index (κ3) is 3.03. The summed E-state index contributed by atoms with van der Waals surface area (Å²) in [5.41, 5.74) is 4.13. The monoisotopic (exact) mass is 364 g/mol. The van der Waals surface area contributed by atoms with Crippen LogP contribution in [0.15, 0.2) is 34.1 Å². The van der Waals surface area contributed by atoms with Crippen LogP contribution in [0, 0.1) is 0 Å². The molecule has 3 rings (SSSR count). The molecule has 0 saturated heterocycles. The van der Waals surface area contributed by atoms with E-state index in [1.807, 2.05) is 11.3 Å². The normalized spacial score (nSPS) is 17.9. The predicted molar refractivity (Wildman–Crippen MR) is 95.3 cm³/mol. The molecule has 0 saturated carbocycles. The first-order valence-electron chi connectivity index (χ1n) is 7.52. The average molecular weight is 365 g/mol. The molecule has 1 aliphatic heterocycles. The van der Waals surface area contributed by atoms with Crippen molar-refractivity contribution in [3.05, 3.63) is 50.1 Å². The van der Waals surface area contributed by atoms with Crippen LogP contribution >= 0.6 is 27.3 Å². The molecule has 112 valence electrons. The zero-order valence-electron chi connectivity index (χ0n) is 12.5. The summed E-state index contributed by atoms with van der Waals surface area (Å²) in [4.78, 5) is 4.06. The SMILES string of the molecule is CCNCc1ccc(N2CCc3sccc3C2C)c(Br)c1. The highest BCUT2D eigenvalue weighted by atomic mass is 79.9. The van der Waals surface area contributed by atoms with Crippen LogP contribution in [0.3, 0.4) is 0 Å². The third-order valence-corrected chi connectivity index (χ3v) is 5.81. The van der Waals surface area contributed by atoms with Crippen molar-refractivity contribution in [2.75, 3.05) is 18.0 Å². The van der Waals surface area contributed by atoms with Crippen molar-refractivity contribution in [2.45, 2.75) is 32.9 Å². The van der Waals surface area contributed by atoms with Crippen molar-refractivity contribution in [2.24, 2.45) is 0 Å². The molecule has 0 aliphatic carbocycles. The van der Waals surface area contributed by atoms with Gasteiger partial charge in [0.15, 0.2) is 0 Å². The molecule has 0 amide bonds. The van der Waals surface area contributed by atoms with Gasteiger partial charge >= 0.3 is 0 Å². The number of benzene rings is 1. The molecular weight excluding hydrogens is 344 g/mol. The van der Waals surface area contributed by atoms with Gasteiger partial charge in [-0.05, 0) is 70.5 Å². The first-order chi connectivity index (χ1) is 10.2. The Balaban J connectivity index is 1.84. The number of rotatable bonds is 4. The van der Waals surface area contributed by atoms with Gasteiger partial charge in [-0.25, -0.2) is 0 Å². The largest absolute Gasteiger partial charge is 0.363 e. The van der Waals surface area contributed by atoms with E-state index in [0.717, 1.165) is 26.1 Å². The first kappa shape index (κ1) is 15.1. The van der Waals surface area contributed by atoms with Crippen LogP contribution in [-0.4, -0.2) is 13.1 Å². The summed E-state index contributed by atoms with van der Waals surface area (Å²) < 4.78 is 1.20. The number of thiophene rings is 1. The molecule has 0 bridgehead atoms. The van der Waals surface area contributed by atoms with Crippen molar-refractivity contribution in [1.82, 2.24) is 5.32 Å². The molecule has 2 aromatic rings. The predicted octanol–water partition coefficient (Wildman–Crippen LogP) is 4.74. The Morgan fingerprint density at radius 3 is 3.00 bits per heavy atom. The summed E-state index contributed by atoms with van der Waals surface area (Å²) >= 11 is 5.66. The smallest absolute Gasteiger partial charge is 0.0525 e. The van der Waals surface area contributed by atoms with Crippen molar-refractivity contribution in [3.8, 4) is 0 Å². The molecule has 21 heavy (non-hydrogen) atoms. The van der Waals surface area contributed by atoms with Gasteiger partial charge in [0.05, 0.1) is 11.7 Å². The summed E-state index contributed by atoms with van der Waals surface area (Å²) in [6.07, 6.45) is 1.16. The van der Waals surface area contributed by atoms with Gasteiger partial charge in [-0.3, -0.25) is 0 Å². The highest BCUT2D eigenvalue weighted by Gasteiger charge is 2.25. The second kappa shape index (κ2) is 6.51. The molecular formula is C17H21BrN2S. The van der Waals surface area contributed by atoms with Gasteiger partial charge < -0.3 is 10.2 Å². The summed E-state index contributed by atoms with van der Waals surface area (Å²) in [5, 5.41) is 5.60. The van der Waals surface area contributed by atoms with Crippen LogP contribution in [0.2, 0.25) is 0 Å². The number of nitrogens with zero attached hydrogens (tertiary/aromatic N) is 1. The van der Waals surface area contributed by atoms with E-state index in [2.05, 4.69) is 69.6 Å². The van der Waals surface area contributed by atoms with Crippen molar-refractivity contribution in [3.63, 3.8) is 0 Å². The van der Waals surface area contributed by atoms with Crippen LogP contribution in [0.1, 0.15) is 35.9 Å². The molecule has 1 atom stereocenters. The zero-order chi connectivity index (χ0) is 14.8. The number of halogens is 1. The Bertz CT molecular complexity index is 623. The standard InChI is InChI=1S/C17H21BrN2S/c1-3-19-11-13-4-5-16(15(18)10-13)20-8-6-17-14(12(20)2)7-9-21-17/h4-5,7,9-10,12,19H,3,6,8,11H2,1-2H3. The Morgan fingerprint density at radius 2 is 2.24 bits per heavy atom. The summed E-state index contributed by atoms with van der Waals surface area (Å²) in [5.74, 6) is 0. The van der Waals surface area contributed by atoms with Gasteiger partial charge in [-0.1, -0.05) is 13.0 Å².